The van der Waals surface area contributed by atoms with Gasteiger partial charge in [0.1, 0.15) is 6.33 Å². The van der Waals surface area contributed by atoms with Crippen molar-refractivity contribution < 1.29 is 28.6 Å². The Morgan fingerprint density at radius 1 is 1.02 bits per heavy atom. The molecular weight excluding hydrogens is 619 g/mol. The number of hydrogen-bond acceptors (Lipinski definition) is 9. The number of ether oxygens (including phenoxy) is 1. The highest BCUT2D eigenvalue weighted by Crippen LogP contribution is 2.27. The van der Waals surface area contributed by atoms with E-state index in [-0.39, 0.29) is 35.9 Å². The molecule has 0 saturated carbocycles. The van der Waals surface area contributed by atoms with Gasteiger partial charge in [0, 0.05) is 77.8 Å². The van der Waals surface area contributed by atoms with Crippen LogP contribution in [0.15, 0.2) is 60.9 Å². The lowest BCUT2D eigenvalue weighted by Gasteiger charge is -2.36. The molecule has 3 aromatic rings. The van der Waals surface area contributed by atoms with E-state index in [1.807, 2.05) is 47.4 Å². The Kier molecular flexibility index (Phi) is 13.3. The lowest BCUT2D eigenvalue weighted by atomic mass is 9.97. The zero-order chi connectivity index (χ0) is 34.5. The number of nitrogens with two attached hydrogens (primary N) is 1. The molecule has 3 amide bonds. The van der Waals surface area contributed by atoms with Crippen molar-refractivity contribution in [1.29, 1.82) is 0 Å². The Labute approximate surface area is 280 Å². The summed E-state index contributed by atoms with van der Waals surface area (Å²) in [5, 5.41) is 11.6. The molecule has 258 valence electrons. The highest BCUT2D eigenvalue weighted by molar-refractivity contribution is 5.89. The molecular formula is C34H45FN8O5. The summed E-state index contributed by atoms with van der Waals surface area (Å²) in [5.41, 5.74) is 8.22. The SMILES string of the molecule is COCCN(C)c1ncnc(N2CCCC(C(N)=O)C2)c1F.O=C(O)CCc1ccc(NC(=O)N2CCN(c3ccccc3)CC2)cc1. The number of para-hydroxylation sites is 1. The van der Waals surface area contributed by atoms with Gasteiger partial charge in [-0.25, -0.2) is 14.8 Å². The van der Waals surface area contributed by atoms with Crippen LogP contribution in [0, 0.1) is 11.7 Å². The zero-order valence-electron chi connectivity index (χ0n) is 27.6. The summed E-state index contributed by atoms with van der Waals surface area (Å²) in [6.45, 7) is 5.02. The first-order valence-corrected chi connectivity index (χ1v) is 16.1. The monoisotopic (exact) mass is 664 g/mol. The molecule has 1 aromatic heterocycles. The minimum absolute atomic E-state index is 0.101. The molecule has 0 radical (unpaired) electrons. The highest BCUT2D eigenvalue weighted by atomic mass is 19.1. The second-order valence-electron chi connectivity index (χ2n) is 11.8. The van der Waals surface area contributed by atoms with Crippen molar-refractivity contribution in [1.82, 2.24) is 14.9 Å². The number of amides is 3. The Morgan fingerprint density at radius 3 is 2.38 bits per heavy atom. The van der Waals surface area contributed by atoms with E-state index in [1.165, 1.54) is 12.0 Å². The third-order valence-corrected chi connectivity index (χ3v) is 8.39. The number of aliphatic carboxylic acids is 1. The third kappa shape index (κ3) is 10.3. The maximum Gasteiger partial charge on any atom is 0.321 e. The number of carbonyl (C=O) groups excluding carboxylic acids is 2. The predicted octanol–water partition coefficient (Wildman–Crippen LogP) is 3.46. The number of rotatable bonds is 11. The number of aromatic nitrogens is 2. The zero-order valence-corrected chi connectivity index (χ0v) is 27.6. The number of methoxy groups -OCH3 is 1. The van der Waals surface area contributed by atoms with Crippen LogP contribution in [0.3, 0.4) is 0 Å². The Bertz CT molecular complexity index is 1490. The number of likely N-dealkylation sites (N-methyl/N-ethyl adjacent to an activating group) is 1. The van der Waals surface area contributed by atoms with Crippen molar-refractivity contribution >= 4 is 40.9 Å². The van der Waals surface area contributed by atoms with Gasteiger partial charge in [0.15, 0.2) is 11.6 Å². The number of nitrogens with zero attached hydrogens (tertiary/aromatic N) is 6. The first-order valence-electron chi connectivity index (χ1n) is 16.1. The van der Waals surface area contributed by atoms with Gasteiger partial charge in [-0.3, -0.25) is 9.59 Å². The molecule has 0 spiro atoms. The Morgan fingerprint density at radius 2 is 1.73 bits per heavy atom. The van der Waals surface area contributed by atoms with E-state index >= 15 is 0 Å². The smallest absolute Gasteiger partial charge is 0.321 e. The first kappa shape index (κ1) is 35.9. The summed E-state index contributed by atoms with van der Waals surface area (Å²) in [6, 6.07) is 17.4. The number of aryl methyl sites for hydroxylation is 1. The molecule has 2 aromatic carbocycles. The molecule has 1 unspecified atom stereocenters. The number of carboxylic acid groups (broad SMARTS) is 1. The van der Waals surface area contributed by atoms with Gasteiger partial charge in [0.2, 0.25) is 11.7 Å². The molecule has 5 rings (SSSR count). The second kappa shape index (κ2) is 17.8. The Hall–Kier alpha value is -4.98. The van der Waals surface area contributed by atoms with Crippen LogP contribution in [-0.2, 0) is 20.7 Å². The molecule has 13 nitrogen and oxygen atoms in total. The Balaban J connectivity index is 0.000000220. The quantitative estimate of drug-likeness (QED) is 0.277. The molecule has 1 atom stereocenters. The largest absolute Gasteiger partial charge is 0.481 e. The summed E-state index contributed by atoms with van der Waals surface area (Å²) in [4.78, 5) is 50.0. The topological polar surface area (TPSA) is 157 Å². The maximum atomic E-state index is 14.7. The van der Waals surface area contributed by atoms with E-state index in [4.69, 9.17) is 15.6 Å². The lowest BCUT2D eigenvalue weighted by Crippen LogP contribution is -2.50. The van der Waals surface area contributed by atoms with Crippen molar-refractivity contribution in [3.63, 3.8) is 0 Å². The summed E-state index contributed by atoms with van der Waals surface area (Å²) in [6.07, 6.45) is 3.46. The molecule has 2 fully saturated rings. The van der Waals surface area contributed by atoms with E-state index in [0.29, 0.717) is 45.8 Å². The van der Waals surface area contributed by atoms with Crippen LogP contribution in [-0.4, -0.2) is 104 Å². The predicted molar refractivity (Wildman–Crippen MR) is 183 cm³/mol. The van der Waals surface area contributed by atoms with Crippen molar-refractivity contribution in [2.24, 2.45) is 11.7 Å². The average Bonchev–Trinajstić information content (AvgIpc) is 3.11. The molecule has 2 aliphatic heterocycles. The van der Waals surface area contributed by atoms with Crippen molar-refractivity contribution in [2.75, 3.05) is 86.6 Å². The fraction of sp³-hybridized carbons (Fsp3) is 0.441. The van der Waals surface area contributed by atoms with E-state index in [1.54, 1.807) is 24.0 Å². The van der Waals surface area contributed by atoms with Crippen LogP contribution in [0.1, 0.15) is 24.8 Å². The van der Waals surface area contributed by atoms with Gasteiger partial charge in [0.25, 0.3) is 0 Å². The van der Waals surface area contributed by atoms with Crippen molar-refractivity contribution in [3.05, 3.63) is 72.3 Å². The minimum atomic E-state index is -0.808. The number of nitrogens with one attached hydrogen (secondary N) is 1. The van der Waals surface area contributed by atoms with Gasteiger partial charge in [0.05, 0.1) is 12.5 Å². The van der Waals surface area contributed by atoms with Crippen molar-refractivity contribution in [3.8, 4) is 0 Å². The summed E-state index contributed by atoms with van der Waals surface area (Å²) >= 11 is 0. The van der Waals surface area contributed by atoms with E-state index in [2.05, 4.69) is 32.3 Å². The van der Waals surface area contributed by atoms with Crippen LogP contribution >= 0.6 is 0 Å². The molecule has 2 aliphatic rings. The molecule has 3 heterocycles. The van der Waals surface area contributed by atoms with Crippen molar-refractivity contribution in [2.45, 2.75) is 25.7 Å². The third-order valence-electron chi connectivity index (χ3n) is 8.39. The normalized spacial score (nSPS) is 16.1. The van der Waals surface area contributed by atoms with Gasteiger partial charge in [-0.2, -0.15) is 4.39 Å². The fourth-order valence-electron chi connectivity index (χ4n) is 5.59. The van der Waals surface area contributed by atoms with Crippen LogP contribution in [0.2, 0.25) is 0 Å². The average molecular weight is 665 g/mol. The number of benzene rings is 2. The summed E-state index contributed by atoms with van der Waals surface area (Å²) in [7, 11) is 3.34. The highest BCUT2D eigenvalue weighted by Gasteiger charge is 2.28. The van der Waals surface area contributed by atoms with E-state index < -0.39 is 11.8 Å². The van der Waals surface area contributed by atoms with Crippen LogP contribution in [0.4, 0.5) is 32.2 Å². The molecule has 48 heavy (non-hydrogen) atoms. The van der Waals surface area contributed by atoms with Crippen LogP contribution in [0.5, 0.6) is 0 Å². The lowest BCUT2D eigenvalue weighted by molar-refractivity contribution is -0.137. The summed E-state index contributed by atoms with van der Waals surface area (Å²) in [5.74, 6) is -1.46. The number of anilines is 4. The first-order chi connectivity index (χ1) is 23.2. The van der Waals surface area contributed by atoms with Gasteiger partial charge in [-0.15, -0.1) is 0 Å². The number of hydrogen-bond donors (Lipinski definition) is 3. The number of urea groups is 1. The van der Waals surface area contributed by atoms with E-state index in [9.17, 15) is 18.8 Å². The number of primary amides is 1. The van der Waals surface area contributed by atoms with E-state index in [0.717, 1.165) is 37.2 Å². The molecule has 0 aliphatic carbocycles. The van der Waals surface area contributed by atoms with Crippen LogP contribution in [0.25, 0.3) is 0 Å². The standard InChI is InChI=1S/C20H23N3O3.C14H22FN5O2/c24-19(25)11-8-16-6-9-17(10-7-16)21-20(26)23-14-12-22(13-15-23)18-4-2-1-3-5-18;1-19(6-7-22-2)13-11(15)14(18-9-17-13)20-5-3-4-10(8-20)12(16)21/h1-7,9-10H,8,11-15H2,(H,21,26)(H,24,25);9-10H,3-8H2,1-2H3,(H2,16,21). The second-order valence-corrected chi connectivity index (χ2v) is 11.8. The van der Waals surface area contributed by atoms with Gasteiger partial charge in [-0.05, 0) is 49.1 Å². The minimum Gasteiger partial charge on any atom is -0.481 e. The summed E-state index contributed by atoms with van der Waals surface area (Å²) < 4.78 is 19.7. The maximum absolute atomic E-state index is 14.7. The molecule has 14 heteroatoms. The van der Waals surface area contributed by atoms with Gasteiger partial charge in [-0.1, -0.05) is 30.3 Å². The van der Waals surface area contributed by atoms with Gasteiger partial charge >= 0.3 is 12.0 Å². The molecule has 4 N–H and O–H groups in total. The van der Waals surface area contributed by atoms with Crippen LogP contribution < -0.4 is 25.8 Å². The number of piperazine rings is 1. The number of piperidine rings is 1. The number of carbonyl (C=O) groups is 3. The number of carboxylic acids is 1. The fourth-order valence-corrected chi connectivity index (χ4v) is 5.59. The molecule has 0 bridgehead atoms. The van der Waals surface area contributed by atoms with Gasteiger partial charge < -0.3 is 40.5 Å². The molecule has 2 saturated heterocycles. The number of halogens is 1.